The number of rotatable bonds is 0. The smallest absolute Gasteiger partial charge is 0.311 e. The van der Waals surface area contributed by atoms with Crippen LogP contribution in [0.2, 0.25) is 0 Å². The van der Waals surface area contributed by atoms with Crippen LogP contribution in [0.4, 0.5) is 5.69 Å². The molecule has 0 aliphatic carbocycles. The molecule has 1 aromatic rings. The van der Waals surface area contributed by atoms with Gasteiger partial charge in [-0.3, -0.25) is 4.79 Å². The molecule has 1 heterocycles. The van der Waals surface area contributed by atoms with E-state index in [2.05, 4.69) is 13.8 Å². The molecule has 2 atom stereocenters. The summed E-state index contributed by atoms with van der Waals surface area (Å²) in [6.45, 7) is 4.18. The Morgan fingerprint density at radius 2 is 2.13 bits per heavy atom. The van der Waals surface area contributed by atoms with E-state index in [0.717, 1.165) is 5.56 Å². The zero-order valence-corrected chi connectivity index (χ0v) is 8.99. The molecule has 3 heteroatoms. The highest BCUT2D eigenvalue weighted by atomic mass is 16.5. The Morgan fingerprint density at radius 3 is 2.87 bits per heavy atom. The number of fused-ring (bicyclic) bond motifs is 1. The van der Waals surface area contributed by atoms with Crippen LogP contribution < -0.4 is 10.5 Å². The molecule has 2 N–H and O–H groups in total. The second-order valence-corrected chi connectivity index (χ2v) is 4.24. The summed E-state index contributed by atoms with van der Waals surface area (Å²) in [4.78, 5) is 11.5. The van der Waals surface area contributed by atoms with E-state index in [1.165, 1.54) is 0 Å². The molecule has 2 unspecified atom stereocenters. The lowest BCUT2D eigenvalue weighted by Gasteiger charge is -2.16. The molecule has 15 heavy (non-hydrogen) atoms. The molecular weight excluding hydrogens is 190 g/mol. The monoisotopic (exact) mass is 205 g/mol. The summed E-state index contributed by atoms with van der Waals surface area (Å²) in [5.74, 6) is 1.09. The third-order valence-corrected chi connectivity index (χ3v) is 3.09. The van der Waals surface area contributed by atoms with Gasteiger partial charge in [0, 0.05) is 18.2 Å². The number of benzene rings is 1. The van der Waals surface area contributed by atoms with Crippen LogP contribution in [-0.4, -0.2) is 5.97 Å². The molecule has 80 valence electrons. The van der Waals surface area contributed by atoms with Gasteiger partial charge < -0.3 is 10.5 Å². The summed E-state index contributed by atoms with van der Waals surface area (Å²) < 4.78 is 5.26. The molecule has 0 radical (unpaired) electrons. The van der Waals surface area contributed by atoms with Crippen molar-refractivity contribution in [2.45, 2.75) is 26.2 Å². The maximum absolute atomic E-state index is 11.5. The van der Waals surface area contributed by atoms with Crippen LogP contribution in [0.1, 0.15) is 31.7 Å². The number of ether oxygens (including phenoxy) is 1. The SMILES string of the molecule is CC1CC(=O)Oc2cc(N)ccc2C1C. The fourth-order valence-corrected chi connectivity index (χ4v) is 1.93. The predicted molar refractivity (Wildman–Crippen MR) is 58.7 cm³/mol. The molecule has 1 aliphatic heterocycles. The fourth-order valence-electron chi connectivity index (χ4n) is 1.93. The molecule has 0 fully saturated rings. The van der Waals surface area contributed by atoms with Crippen molar-refractivity contribution in [3.8, 4) is 5.75 Å². The molecule has 0 spiro atoms. The number of esters is 1. The molecule has 1 aliphatic rings. The first-order chi connectivity index (χ1) is 7.08. The number of nitrogens with two attached hydrogens (primary N) is 1. The molecule has 0 saturated heterocycles. The minimum Gasteiger partial charge on any atom is -0.426 e. The van der Waals surface area contributed by atoms with Crippen LogP contribution in [0.15, 0.2) is 18.2 Å². The Kier molecular flexibility index (Phi) is 2.39. The van der Waals surface area contributed by atoms with Crippen LogP contribution in [0.3, 0.4) is 0 Å². The average Bonchev–Trinajstić information content (AvgIpc) is 2.25. The van der Waals surface area contributed by atoms with Crippen molar-refractivity contribution in [1.82, 2.24) is 0 Å². The van der Waals surface area contributed by atoms with E-state index in [0.29, 0.717) is 29.7 Å². The van der Waals surface area contributed by atoms with E-state index in [9.17, 15) is 4.79 Å². The highest BCUT2D eigenvalue weighted by Crippen LogP contribution is 2.37. The first-order valence-corrected chi connectivity index (χ1v) is 5.18. The van der Waals surface area contributed by atoms with Crippen molar-refractivity contribution in [3.63, 3.8) is 0 Å². The zero-order valence-electron chi connectivity index (χ0n) is 8.99. The third-order valence-electron chi connectivity index (χ3n) is 3.09. The minimum absolute atomic E-state index is 0.168. The Hall–Kier alpha value is -1.51. The van der Waals surface area contributed by atoms with Gasteiger partial charge in [0.05, 0.1) is 0 Å². The Morgan fingerprint density at radius 1 is 1.40 bits per heavy atom. The summed E-state index contributed by atoms with van der Waals surface area (Å²) >= 11 is 0. The highest BCUT2D eigenvalue weighted by Gasteiger charge is 2.26. The Bertz CT molecular complexity index is 401. The number of hydrogen-bond donors (Lipinski definition) is 1. The molecule has 0 saturated carbocycles. The van der Waals surface area contributed by atoms with E-state index < -0.39 is 0 Å². The van der Waals surface area contributed by atoms with E-state index >= 15 is 0 Å². The normalized spacial score (nSPS) is 25.3. The van der Waals surface area contributed by atoms with Crippen molar-refractivity contribution >= 4 is 11.7 Å². The Labute approximate surface area is 89.2 Å². The molecular formula is C12H15NO2. The number of nitrogen functional groups attached to an aromatic ring is 1. The lowest BCUT2D eigenvalue weighted by molar-refractivity contribution is -0.134. The molecule has 0 amide bonds. The minimum atomic E-state index is -0.168. The van der Waals surface area contributed by atoms with Crippen molar-refractivity contribution in [2.75, 3.05) is 5.73 Å². The van der Waals surface area contributed by atoms with Crippen molar-refractivity contribution in [3.05, 3.63) is 23.8 Å². The maximum atomic E-state index is 11.5. The van der Waals surface area contributed by atoms with Crippen LogP contribution in [-0.2, 0) is 4.79 Å². The van der Waals surface area contributed by atoms with Crippen LogP contribution in [0, 0.1) is 5.92 Å². The quantitative estimate of drug-likeness (QED) is 0.401. The van der Waals surface area contributed by atoms with E-state index in [1.807, 2.05) is 12.1 Å². The lowest BCUT2D eigenvalue weighted by atomic mass is 9.87. The predicted octanol–water partition coefficient (Wildman–Crippen LogP) is 2.32. The van der Waals surface area contributed by atoms with Crippen molar-refractivity contribution < 1.29 is 9.53 Å². The van der Waals surface area contributed by atoms with E-state index in [-0.39, 0.29) is 5.97 Å². The molecule has 0 bridgehead atoms. The van der Waals surface area contributed by atoms with Crippen molar-refractivity contribution in [2.24, 2.45) is 5.92 Å². The third kappa shape index (κ3) is 1.82. The topological polar surface area (TPSA) is 52.3 Å². The fraction of sp³-hybridized carbons (Fsp3) is 0.417. The second-order valence-electron chi connectivity index (χ2n) is 4.24. The van der Waals surface area contributed by atoms with Gasteiger partial charge in [-0.2, -0.15) is 0 Å². The number of carbonyl (C=O) groups is 1. The van der Waals surface area contributed by atoms with Crippen LogP contribution in [0.25, 0.3) is 0 Å². The molecule has 1 aromatic carbocycles. The number of hydrogen-bond acceptors (Lipinski definition) is 3. The van der Waals surface area contributed by atoms with E-state index in [4.69, 9.17) is 10.5 Å². The van der Waals surface area contributed by atoms with Crippen molar-refractivity contribution in [1.29, 1.82) is 0 Å². The van der Waals surface area contributed by atoms with Gasteiger partial charge >= 0.3 is 5.97 Å². The van der Waals surface area contributed by atoms with Gasteiger partial charge in [0.2, 0.25) is 0 Å². The van der Waals surface area contributed by atoms with E-state index in [1.54, 1.807) is 6.07 Å². The average molecular weight is 205 g/mol. The van der Waals surface area contributed by atoms with Gasteiger partial charge in [-0.1, -0.05) is 19.9 Å². The largest absolute Gasteiger partial charge is 0.426 e. The zero-order chi connectivity index (χ0) is 11.0. The second kappa shape index (κ2) is 3.57. The summed E-state index contributed by atoms with van der Waals surface area (Å²) in [6, 6.07) is 5.52. The summed E-state index contributed by atoms with van der Waals surface area (Å²) in [5, 5.41) is 0. The molecule has 3 nitrogen and oxygen atoms in total. The van der Waals surface area contributed by atoms with Gasteiger partial charge in [0.15, 0.2) is 0 Å². The summed E-state index contributed by atoms with van der Waals surface area (Å²) in [5.41, 5.74) is 7.37. The van der Waals surface area contributed by atoms with Crippen LogP contribution >= 0.6 is 0 Å². The first kappa shape index (κ1) is 10.0. The molecule has 2 rings (SSSR count). The number of carbonyl (C=O) groups excluding carboxylic acids is 1. The van der Waals surface area contributed by atoms with Gasteiger partial charge in [0.1, 0.15) is 5.75 Å². The van der Waals surface area contributed by atoms with Gasteiger partial charge in [-0.15, -0.1) is 0 Å². The van der Waals surface area contributed by atoms with Gasteiger partial charge in [0.25, 0.3) is 0 Å². The lowest BCUT2D eigenvalue weighted by Crippen LogP contribution is -2.10. The maximum Gasteiger partial charge on any atom is 0.311 e. The van der Waals surface area contributed by atoms with Gasteiger partial charge in [-0.05, 0) is 23.5 Å². The standard InChI is InChI=1S/C12H15NO2/c1-7-5-12(14)15-11-6-9(13)3-4-10(11)8(7)2/h3-4,6-8H,5,13H2,1-2H3. The Balaban J connectivity index is 2.49. The first-order valence-electron chi connectivity index (χ1n) is 5.18. The van der Waals surface area contributed by atoms with Crippen LogP contribution in [0.5, 0.6) is 5.75 Å². The molecule has 0 aromatic heterocycles. The number of anilines is 1. The summed E-state index contributed by atoms with van der Waals surface area (Å²) in [7, 11) is 0. The highest BCUT2D eigenvalue weighted by molar-refractivity contribution is 5.75. The van der Waals surface area contributed by atoms with Gasteiger partial charge in [-0.25, -0.2) is 0 Å². The summed E-state index contributed by atoms with van der Waals surface area (Å²) in [6.07, 6.45) is 0.468.